The molecule has 0 bridgehead atoms. The largest absolute Gasteiger partial charge is 0.480 e. The highest BCUT2D eigenvalue weighted by Gasteiger charge is 2.35. The van der Waals surface area contributed by atoms with E-state index >= 15 is 0 Å². The molecule has 34 heavy (non-hydrogen) atoms. The number of carbonyl (C=O) groups is 4. The quantitative estimate of drug-likeness (QED) is 0.524. The van der Waals surface area contributed by atoms with Crippen molar-refractivity contribution < 1.29 is 24.3 Å². The third-order valence-corrected chi connectivity index (χ3v) is 5.47. The average molecular weight is 460 g/mol. The summed E-state index contributed by atoms with van der Waals surface area (Å²) < 4.78 is 0. The minimum absolute atomic E-state index is 0.0175. The fraction of sp³-hybridized carbons (Fsp3) is 0.269. The molecule has 0 radical (unpaired) electrons. The number of hydrogen-bond acceptors (Lipinski definition) is 6. The first-order valence-electron chi connectivity index (χ1n) is 10.9. The van der Waals surface area contributed by atoms with Crippen LogP contribution in [-0.4, -0.2) is 40.6 Å². The highest BCUT2D eigenvalue weighted by Crippen LogP contribution is 2.25. The van der Waals surface area contributed by atoms with E-state index in [1.54, 1.807) is 42.5 Å². The maximum Gasteiger partial charge on any atom is 0.326 e. The molecule has 2 aromatic rings. The van der Waals surface area contributed by atoms with Gasteiger partial charge >= 0.3 is 5.97 Å². The van der Waals surface area contributed by atoms with Crippen molar-refractivity contribution in [2.75, 3.05) is 0 Å². The van der Waals surface area contributed by atoms with Gasteiger partial charge in [-0.25, -0.2) is 4.79 Å². The summed E-state index contributed by atoms with van der Waals surface area (Å²) in [4.78, 5) is 50.9. The summed E-state index contributed by atoms with van der Waals surface area (Å²) in [7, 11) is 0. The summed E-state index contributed by atoms with van der Waals surface area (Å²) in [6.07, 6.45) is 0.322. The van der Waals surface area contributed by atoms with E-state index in [1.165, 1.54) is 12.1 Å². The minimum atomic E-state index is -1.17. The molecule has 8 nitrogen and oxygen atoms in total. The van der Waals surface area contributed by atoms with Crippen LogP contribution in [0.2, 0.25) is 0 Å². The second-order valence-corrected chi connectivity index (χ2v) is 8.48. The van der Waals surface area contributed by atoms with Crippen LogP contribution in [0.4, 0.5) is 0 Å². The molecule has 0 saturated heterocycles. The number of carboxylic acids is 1. The SMILES string of the molecule is CC(C)C[C@H](NC(=O)[C@H](Cc1ccccc1)NC1=C(C#N)C(=O)c2ccccc2C1=O)C(=O)O. The van der Waals surface area contributed by atoms with E-state index in [0.717, 1.165) is 5.56 Å². The lowest BCUT2D eigenvalue weighted by Gasteiger charge is -2.26. The standard InChI is InChI=1S/C26H25N3O5/c1-15(2)12-21(26(33)34)29-25(32)20(13-16-8-4-3-5-9-16)28-22-19(14-27)23(30)17-10-6-7-11-18(17)24(22)31/h3-11,15,20-21,28H,12-13H2,1-2H3,(H,29,32)(H,33,34)/t20-,21-/m0/s1. The number of ketones is 2. The van der Waals surface area contributed by atoms with Gasteiger partial charge in [0.2, 0.25) is 17.5 Å². The van der Waals surface area contributed by atoms with Crippen molar-refractivity contribution in [3.8, 4) is 6.07 Å². The number of benzene rings is 2. The van der Waals surface area contributed by atoms with Gasteiger partial charge in [0.05, 0.1) is 0 Å². The molecule has 1 aliphatic rings. The number of fused-ring (bicyclic) bond motifs is 1. The van der Waals surface area contributed by atoms with Crippen molar-refractivity contribution >= 4 is 23.4 Å². The van der Waals surface area contributed by atoms with Gasteiger partial charge < -0.3 is 15.7 Å². The fourth-order valence-electron chi connectivity index (χ4n) is 3.82. The number of nitriles is 1. The molecule has 0 aromatic heterocycles. The number of hydrogen-bond donors (Lipinski definition) is 3. The number of amides is 1. The van der Waals surface area contributed by atoms with Gasteiger partial charge in [-0.05, 0) is 17.9 Å². The van der Waals surface area contributed by atoms with Gasteiger partial charge in [-0.3, -0.25) is 14.4 Å². The van der Waals surface area contributed by atoms with E-state index in [9.17, 15) is 29.5 Å². The van der Waals surface area contributed by atoms with Gasteiger partial charge in [-0.15, -0.1) is 0 Å². The first kappa shape index (κ1) is 24.4. The Morgan fingerprint density at radius 1 is 0.941 bits per heavy atom. The Morgan fingerprint density at radius 2 is 1.53 bits per heavy atom. The predicted molar refractivity (Wildman–Crippen MR) is 124 cm³/mol. The molecule has 2 atom stereocenters. The maximum atomic E-state index is 13.2. The van der Waals surface area contributed by atoms with Crippen molar-refractivity contribution in [2.45, 2.75) is 38.8 Å². The zero-order valence-corrected chi connectivity index (χ0v) is 18.9. The number of rotatable bonds is 9. The molecule has 8 heteroatoms. The van der Waals surface area contributed by atoms with Crippen LogP contribution in [-0.2, 0) is 16.0 Å². The van der Waals surface area contributed by atoms with Crippen molar-refractivity contribution in [2.24, 2.45) is 5.92 Å². The lowest BCUT2D eigenvalue weighted by atomic mass is 9.87. The molecule has 0 spiro atoms. The normalized spacial score (nSPS) is 14.8. The van der Waals surface area contributed by atoms with Crippen LogP contribution in [0.3, 0.4) is 0 Å². The Kier molecular flexibility index (Phi) is 7.59. The van der Waals surface area contributed by atoms with Gasteiger partial charge in [0.25, 0.3) is 0 Å². The fourth-order valence-corrected chi connectivity index (χ4v) is 3.82. The molecule has 0 aliphatic heterocycles. The van der Waals surface area contributed by atoms with E-state index in [2.05, 4.69) is 10.6 Å². The predicted octanol–water partition coefficient (Wildman–Crippen LogP) is 2.66. The summed E-state index contributed by atoms with van der Waals surface area (Å²) in [6, 6.07) is 14.7. The molecule has 174 valence electrons. The number of nitrogens with one attached hydrogen (secondary N) is 2. The molecule has 2 aromatic carbocycles. The summed E-state index contributed by atoms with van der Waals surface area (Å²) in [5, 5.41) is 24.5. The molecule has 0 unspecified atom stereocenters. The molecule has 3 N–H and O–H groups in total. The zero-order valence-electron chi connectivity index (χ0n) is 18.9. The molecule has 0 fully saturated rings. The van der Waals surface area contributed by atoms with Crippen LogP contribution >= 0.6 is 0 Å². The van der Waals surface area contributed by atoms with E-state index in [4.69, 9.17) is 0 Å². The van der Waals surface area contributed by atoms with Crippen LogP contribution in [0.25, 0.3) is 0 Å². The Labute approximate surface area is 197 Å². The Balaban J connectivity index is 1.97. The number of carbonyl (C=O) groups excluding carboxylic acids is 3. The lowest BCUT2D eigenvalue weighted by Crippen LogP contribution is -2.52. The van der Waals surface area contributed by atoms with E-state index < -0.39 is 35.5 Å². The van der Waals surface area contributed by atoms with Crippen LogP contribution in [0, 0.1) is 17.2 Å². The third-order valence-electron chi connectivity index (χ3n) is 5.47. The van der Waals surface area contributed by atoms with E-state index in [1.807, 2.05) is 19.9 Å². The summed E-state index contributed by atoms with van der Waals surface area (Å²) >= 11 is 0. The average Bonchev–Trinajstić information content (AvgIpc) is 2.81. The number of nitrogens with zero attached hydrogens (tertiary/aromatic N) is 1. The van der Waals surface area contributed by atoms with Gasteiger partial charge in [-0.1, -0.05) is 68.4 Å². The van der Waals surface area contributed by atoms with Gasteiger partial charge in [0.15, 0.2) is 0 Å². The lowest BCUT2D eigenvalue weighted by molar-refractivity contribution is -0.142. The highest BCUT2D eigenvalue weighted by molar-refractivity contribution is 6.28. The molecule has 1 amide bonds. The van der Waals surface area contributed by atoms with Crippen LogP contribution in [0.15, 0.2) is 65.9 Å². The van der Waals surface area contributed by atoms with Crippen molar-refractivity contribution in [3.63, 3.8) is 0 Å². The Morgan fingerprint density at radius 3 is 2.09 bits per heavy atom. The number of Topliss-reactive ketones (excluding diaryl/α,β-unsaturated/α-hetero) is 2. The van der Waals surface area contributed by atoms with Crippen LogP contribution in [0.5, 0.6) is 0 Å². The van der Waals surface area contributed by atoms with Crippen molar-refractivity contribution in [1.82, 2.24) is 10.6 Å². The first-order chi connectivity index (χ1) is 16.2. The smallest absolute Gasteiger partial charge is 0.326 e. The molecular weight excluding hydrogens is 434 g/mol. The molecule has 1 aliphatic carbocycles. The molecular formula is C26H25N3O5. The molecule has 0 saturated carbocycles. The van der Waals surface area contributed by atoms with Crippen molar-refractivity contribution in [1.29, 1.82) is 5.26 Å². The Bertz CT molecular complexity index is 1190. The molecule has 3 rings (SSSR count). The highest BCUT2D eigenvalue weighted by atomic mass is 16.4. The summed E-state index contributed by atoms with van der Waals surface area (Å²) in [5.41, 5.74) is 0.363. The minimum Gasteiger partial charge on any atom is -0.480 e. The third kappa shape index (κ3) is 5.38. The van der Waals surface area contributed by atoms with Gasteiger partial charge in [0, 0.05) is 17.5 Å². The maximum absolute atomic E-state index is 13.2. The second-order valence-electron chi connectivity index (χ2n) is 8.48. The van der Waals surface area contributed by atoms with Gasteiger partial charge in [-0.2, -0.15) is 5.26 Å². The zero-order chi connectivity index (χ0) is 24.8. The summed E-state index contributed by atoms with van der Waals surface area (Å²) in [5.74, 6) is -2.99. The number of allylic oxidation sites excluding steroid dienone is 2. The topological polar surface area (TPSA) is 136 Å². The number of carboxylic acid groups (broad SMARTS) is 1. The van der Waals surface area contributed by atoms with Crippen LogP contribution < -0.4 is 10.6 Å². The monoisotopic (exact) mass is 459 g/mol. The number of aliphatic carboxylic acids is 1. The summed E-state index contributed by atoms with van der Waals surface area (Å²) in [6.45, 7) is 3.69. The molecule has 0 heterocycles. The second kappa shape index (κ2) is 10.6. The van der Waals surface area contributed by atoms with E-state index in [0.29, 0.717) is 0 Å². The van der Waals surface area contributed by atoms with E-state index in [-0.39, 0.29) is 41.2 Å². The first-order valence-corrected chi connectivity index (χ1v) is 10.9. The van der Waals surface area contributed by atoms with Crippen molar-refractivity contribution in [3.05, 3.63) is 82.6 Å². The van der Waals surface area contributed by atoms with Gasteiger partial charge in [0.1, 0.15) is 29.4 Å². The van der Waals surface area contributed by atoms with Crippen LogP contribution in [0.1, 0.15) is 46.5 Å². The Hall–Kier alpha value is -4.25.